The van der Waals surface area contributed by atoms with E-state index in [0.29, 0.717) is 32.8 Å². The highest BCUT2D eigenvalue weighted by Gasteiger charge is 2.40. The maximum absolute atomic E-state index is 11.0. The Balaban J connectivity index is 2.88. The number of quaternary nitrogens is 1. The van der Waals surface area contributed by atoms with Crippen LogP contribution in [0.15, 0.2) is 0 Å². The van der Waals surface area contributed by atoms with E-state index in [1.807, 2.05) is 0 Å². The number of morpholine rings is 1. The van der Waals surface area contributed by atoms with Gasteiger partial charge >= 0.3 is 10.3 Å². The Morgan fingerprint density at radius 1 is 1.42 bits per heavy atom. The largest absolute Gasteiger partial charge is 0.433 e. The lowest BCUT2D eigenvalue weighted by molar-refractivity contribution is -0.818. The molecule has 0 unspecified atom stereocenters. The highest BCUT2D eigenvalue weighted by atomic mass is 32.2. The van der Waals surface area contributed by atoms with Crippen LogP contribution in [0, 0.1) is 0 Å². The number of hydrogen-bond acceptors (Lipinski definition) is 3. The summed E-state index contributed by atoms with van der Waals surface area (Å²) in [6.45, 7) is 3.62. The van der Waals surface area contributed by atoms with Gasteiger partial charge in [-0.1, -0.05) is 0 Å². The highest BCUT2D eigenvalue weighted by molar-refractivity contribution is 7.80. The molecule has 1 rings (SSSR count). The fraction of sp³-hybridized carbons (Fsp3) is 1.00. The molecule has 0 radical (unpaired) electrons. The fourth-order valence-corrected chi connectivity index (χ4v) is 2.32. The molecular weight excluding hydrogens is 182 g/mol. The molecule has 6 heteroatoms. The van der Waals surface area contributed by atoms with Crippen molar-refractivity contribution in [3.8, 4) is 0 Å². The van der Waals surface area contributed by atoms with Crippen LogP contribution in [-0.2, 0) is 15.0 Å². The summed E-state index contributed by atoms with van der Waals surface area (Å²) in [4.78, 5) is 0. The number of hydrogen-bond donors (Lipinski definition) is 1. The Morgan fingerprint density at radius 2 is 1.92 bits per heavy atom. The second-order valence-electron chi connectivity index (χ2n) is 2.88. The lowest BCUT2D eigenvalue weighted by Crippen LogP contribution is -2.58. The second-order valence-corrected chi connectivity index (χ2v) is 4.55. The molecule has 0 aliphatic carbocycles. The molecule has 0 bridgehead atoms. The van der Waals surface area contributed by atoms with Crippen LogP contribution in [0.25, 0.3) is 0 Å². The first-order valence-corrected chi connectivity index (χ1v) is 5.33. The Bertz CT molecular complexity index is 242. The number of nitrogens with zero attached hydrogens (tertiary/aromatic N) is 1. The summed E-state index contributed by atoms with van der Waals surface area (Å²) in [5, 5.41) is 0. The van der Waals surface area contributed by atoms with Gasteiger partial charge in [-0.25, -0.2) is 4.55 Å². The summed E-state index contributed by atoms with van der Waals surface area (Å²) in [6.07, 6.45) is 0. The zero-order chi connectivity index (χ0) is 9.24. The maximum Gasteiger partial charge on any atom is 0.433 e. The molecule has 0 spiro atoms. The molecule has 1 aliphatic heterocycles. The zero-order valence-corrected chi connectivity index (χ0v) is 7.88. The van der Waals surface area contributed by atoms with Crippen molar-refractivity contribution in [3.63, 3.8) is 0 Å². The third-order valence-corrected chi connectivity index (χ3v) is 3.95. The van der Waals surface area contributed by atoms with Crippen LogP contribution in [-0.4, -0.2) is 49.7 Å². The highest BCUT2D eigenvalue weighted by Crippen LogP contribution is 2.16. The van der Waals surface area contributed by atoms with Crippen molar-refractivity contribution in [1.29, 1.82) is 0 Å². The molecule has 0 aromatic carbocycles. The van der Waals surface area contributed by atoms with E-state index in [2.05, 4.69) is 0 Å². The average molecular weight is 196 g/mol. The third kappa shape index (κ3) is 1.61. The van der Waals surface area contributed by atoms with Crippen molar-refractivity contribution in [3.05, 3.63) is 0 Å². The minimum absolute atomic E-state index is 0.257. The van der Waals surface area contributed by atoms with Gasteiger partial charge in [0.2, 0.25) is 0 Å². The van der Waals surface area contributed by atoms with Crippen molar-refractivity contribution in [2.45, 2.75) is 6.92 Å². The Hall–Kier alpha value is -0.170. The predicted octanol–water partition coefficient (Wildman–Crippen LogP) is -0.344. The number of likely N-dealkylation sites (N-methyl/N-ethyl adjacent to an activating group) is 1. The lowest BCUT2D eigenvalue weighted by Gasteiger charge is -2.35. The third-order valence-electron chi connectivity index (χ3n) is 2.35. The van der Waals surface area contributed by atoms with E-state index in [1.165, 1.54) is 0 Å². The smallest absolute Gasteiger partial charge is 0.370 e. The van der Waals surface area contributed by atoms with Crippen LogP contribution in [0.5, 0.6) is 0 Å². The van der Waals surface area contributed by atoms with Crippen LogP contribution in [0.1, 0.15) is 6.92 Å². The summed E-state index contributed by atoms with van der Waals surface area (Å²) in [7, 11) is -3.98. The monoisotopic (exact) mass is 196 g/mol. The van der Waals surface area contributed by atoms with E-state index in [-0.39, 0.29) is 3.89 Å². The van der Waals surface area contributed by atoms with E-state index >= 15 is 0 Å². The standard InChI is InChI=1S/C6H13NO4S/c1-2-7(12(8,9)10)3-5-11-6-4-7/h2-6H2,1H3/p+1. The van der Waals surface area contributed by atoms with Crippen LogP contribution in [0.4, 0.5) is 0 Å². The van der Waals surface area contributed by atoms with Crippen molar-refractivity contribution in [1.82, 2.24) is 0 Å². The van der Waals surface area contributed by atoms with Gasteiger partial charge in [-0.05, 0) is 6.92 Å². The molecule has 1 aliphatic rings. The Kier molecular flexibility index (Phi) is 2.72. The van der Waals surface area contributed by atoms with Crippen LogP contribution in [0.3, 0.4) is 0 Å². The van der Waals surface area contributed by atoms with Gasteiger partial charge in [-0.2, -0.15) is 3.89 Å². The van der Waals surface area contributed by atoms with Gasteiger partial charge in [0, 0.05) is 0 Å². The summed E-state index contributed by atoms with van der Waals surface area (Å²) < 4.78 is 35.8. The van der Waals surface area contributed by atoms with Crippen LogP contribution in [0.2, 0.25) is 0 Å². The molecule has 72 valence electrons. The molecule has 0 saturated carbocycles. The predicted molar refractivity (Wildman–Crippen MR) is 42.9 cm³/mol. The first-order chi connectivity index (χ1) is 5.52. The van der Waals surface area contributed by atoms with E-state index in [1.54, 1.807) is 6.92 Å². The van der Waals surface area contributed by atoms with Gasteiger partial charge in [0.15, 0.2) is 0 Å². The first kappa shape index (κ1) is 9.91. The van der Waals surface area contributed by atoms with Gasteiger partial charge in [-0.3, -0.25) is 0 Å². The van der Waals surface area contributed by atoms with Crippen molar-refractivity contribution in [2.24, 2.45) is 0 Å². The molecule has 0 aromatic heterocycles. The zero-order valence-electron chi connectivity index (χ0n) is 7.06. The van der Waals surface area contributed by atoms with E-state index in [9.17, 15) is 8.42 Å². The Morgan fingerprint density at radius 3 is 2.17 bits per heavy atom. The molecule has 1 heterocycles. The molecule has 0 aromatic rings. The van der Waals surface area contributed by atoms with Crippen molar-refractivity contribution in [2.75, 3.05) is 32.8 Å². The normalized spacial score (nSPS) is 23.8. The van der Waals surface area contributed by atoms with Gasteiger partial charge in [0.05, 0.1) is 19.8 Å². The van der Waals surface area contributed by atoms with Crippen LogP contribution >= 0.6 is 0 Å². The Labute approximate surface area is 72.4 Å². The topological polar surface area (TPSA) is 63.6 Å². The number of ether oxygens (including phenoxy) is 1. The van der Waals surface area contributed by atoms with Crippen LogP contribution < -0.4 is 0 Å². The molecule has 5 nitrogen and oxygen atoms in total. The van der Waals surface area contributed by atoms with Gasteiger partial charge in [0.1, 0.15) is 13.1 Å². The van der Waals surface area contributed by atoms with E-state index in [4.69, 9.17) is 9.29 Å². The summed E-state index contributed by atoms with van der Waals surface area (Å²) in [5.74, 6) is 0. The number of rotatable bonds is 2. The summed E-state index contributed by atoms with van der Waals surface area (Å²) in [5.41, 5.74) is 0. The molecule has 1 fully saturated rings. The van der Waals surface area contributed by atoms with Gasteiger partial charge in [-0.15, -0.1) is 8.42 Å². The molecule has 0 atom stereocenters. The summed E-state index contributed by atoms with van der Waals surface area (Å²) >= 11 is 0. The maximum atomic E-state index is 11.0. The van der Waals surface area contributed by atoms with Gasteiger partial charge < -0.3 is 4.74 Å². The minimum atomic E-state index is -3.98. The van der Waals surface area contributed by atoms with Crippen molar-refractivity contribution >= 4 is 10.3 Å². The quantitative estimate of drug-likeness (QED) is 0.484. The molecule has 0 amide bonds. The van der Waals surface area contributed by atoms with Gasteiger partial charge in [0.25, 0.3) is 0 Å². The molecular formula is C6H14NO4S+. The molecule has 12 heavy (non-hydrogen) atoms. The summed E-state index contributed by atoms with van der Waals surface area (Å²) in [6, 6.07) is 0. The second kappa shape index (κ2) is 3.29. The first-order valence-electron chi connectivity index (χ1n) is 3.93. The average Bonchev–Trinajstić information content (AvgIpc) is 2.04. The SMILES string of the molecule is CC[N+]1(S(=O)(=O)O)CCOCC1. The lowest BCUT2D eigenvalue weighted by atomic mass is 10.4. The van der Waals surface area contributed by atoms with E-state index in [0.717, 1.165) is 0 Å². The minimum Gasteiger partial charge on any atom is -0.370 e. The van der Waals surface area contributed by atoms with Crippen molar-refractivity contribution < 1.29 is 21.6 Å². The van der Waals surface area contributed by atoms with E-state index < -0.39 is 10.3 Å². The molecule has 1 saturated heterocycles. The fourth-order valence-electron chi connectivity index (χ4n) is 1.39. The molecule has 1 N–H and O–H groups in total.